The fourth-order valence-electron chi connectivity index (χ4n) is 2.93. The Bertz CT molecular complexity index is 566. The Morgan fingerprint density at radius 2 is 2.13 bits per heavy atom. The molecule has 2 saturated heterocycles. The largest absolute Gasteiger partial charge is 0.448 e. The van der Waals surface area contributed by atoms with Crippen LogP contribution in [0.15, 0.2) is 30.3 Å². The van der Waals surface area contributed by atoms with Gasteiger partial charge in [0.05, 0.1) is 6.54 Å². The second kappa shape index (κ2) is 6.97. The van der Waals surface area contributed by atoms with Crippen LogP contribution in [0.4, 0.5) is 4.79 Å². The number of carbonyl (C=O) groups is 2. The number of benzene rings is 1. The number of likely N-dealkylation sites (N-methyl/N-ethyl adjacent to an activating group) is 1. The molecule has 3 rings (SSSR count). The molecule has 0 aliphatic carbocycles. The molecule has 124 valence electrons. The van der Waals surface area contributed by atoms with Crippen molar-refractivity contribution in [3.63, 3.8) is 0 Å². The van der Waals surface area contributed by atoms with Gasteiger partial charge in [-0.1, -0.05) is 30.3 Å². The number of nitrogens with one attached hydrogen (secondary N) is 2. The molecule has 1 aromatic carbocycles. The molecular weight excluding hydrogens is 296 g/mol. The summed E-state index contributed by atoms with van der Waals surface area (Å²) in [4.78, 5) is 26.7. The van der Waals surface area contributed by atoms with Crippen LogP contribution in [0.5, 0.6) is 0 Å². The number of amides is 2. The molecule has 0 saturated carbocycles. The van der Waals surface area contributed by atoms with Crippen LogP contribution >= 0.6 is 0 Å². The molecule has 7 nitrogen and oxygen atoms in total. The average Bonchev–Trinajstić information content (AvgIpc) is 3.18. The lowest BCUT2D eigenvalue weighted by Gasteiger charge is -2.23. The zero-order chi connectivity index (χ0) is 16.2. The summed E-state index contributed by atoms with van der Waals surface area (Å²) < 4.78 is 4.84. The Kier molecular flexibility index (Phi) is 4.78. The number of hydrogen-bond donors (Lipinski definition) is 2. The van der Waals surface area contributed by atoms with E-state index in [9.17, 15) is 9.59 Å². The van der Waals surface area contributed by atoms with Gasteiger partial charge in [-0.3, -0.25) is 15.1 Å². The number of hydrogen-bond acceptors (Lipinski definition) is 5. The number of nitrogens with zero attached hydrogens (tertiary/aromatic N) is 2. The van der Waals surface area contributed by atoms with Crippen molar-refractivity contribution in [2.45, 2.75) is 18.5 Å². The molecular formula is C16H22N4O3. The van der Waals surface area contributed by atoms with E-state index in [2.05, 4.69) is 23.0 Å². The summed E-state index contributed by atoms with van der Waals surface area (Å²) in [6.45, 7) is 1.52. The van der Waals surface area contributed by atoms with Gasteiger partial charge in [-0.2, -0.15) is 0 Å². The van der Waals surface area contributed by atoms with Gasteiger partial charge < -0.3 is 9.64 Å². The maximum atomic E-state index is 12.2. The monoisotopic (exact) mass is 318 g/mol. The summed E-state index contributed by atoms with van der Waals surface area (Å²) >= 11 is 0. The van der Waals surface area contributed by atoms with Crippen LogP contribution in [-0.4, -0.2) is 61.1 Å². The van der Waals surface area contributed by atoms with E-state index in [-0.39, 0.29) is 24.5 Å². The average molecular weight is 318 g/mol. The maximum absolute atomic E-state index is 12.2. The molecule has 2 heterocycles. The van der Waals surface area contributed by atoms with E-state index in [4.69, 9.17) is 4.74 Å². The van der Waals surface area contributed by atoms with Gasteiger partial charge in [0.25, 0.3) is 0 Å². The van der Waals surface area contributed by atoms with Crippen LogP contribution in [-0.2, 0) is 9.53 Å². The zero-order valence-electron chi connectivity index (χ0n) is 13.2. The van der Waals surface area contributed by atoms with Crippen molar-refractivity contribution in [1.82, 2.24) is 20.7 Å². The zero-order valence-corrected chi connectivity index (χ0v) is 13.2. The molecule has 2 unspecified atom stereocenters. The third-order valence-corrected chi connectivity index (χ3v) is 4.27. The first-order chi connectivity index (χ1) is 11.1. The molecule has 2 fully saturated rings. The summed E-state index contributed by atoms with van der Waals surface area (Å²) in [5, 5.41) is 0. The number of rotatable bonds is 5. The van der Waals surface area contributed by atoms with E-state index in [0.717, 1.165) is 6.42 Å². The number of hydrazine groups is 1. The fourth-order valence-corrected chi connectivity index (χ4v) is 2.93. The summed E-state index contributed by atoms with van der Waals surface area (Å²) in [7, 11) is 1.77. The molecule has 1 aromatic rings. The minimum atomic E-state index is -0.406. The van der Waals surface area contributed by atoms with Crippen LogP contribution in [0.2, 0.25) is 0 Å². The van der Waals surface area contributed by atoms with E-state index in [1.807, 2.05) is 18.2 Å². The lowest BCUT2D eigenvalue weighted by molar-refractivity contribution is -0.130. The second-order valence-electron chi connectivity index (χ2n) is 5.99. The highest BCUT2D eigenvalue weighted by Crippen LogP contribution is 2.22. The highest BCUT2D eigenvalue weighted by atomic mass is 16.6. The maximum Gasteiger partial charge on any atom is 0.410 e. The van der Waals surface area contributed by atoms with Gasteiger partial charge in [0.2, 0.25) is 5.91 Å². The molecule has 2 amide bonds. The van der Waals surface area contributed by atoms with E-state index in [1.54, 1.807) is 11.9 Å². The van der Waals surface area contributed by atoms with Crippen molar-refractivity contribution in [2.24, 2.45) is 0 Å². The summed E-state index contributed by atoms with van der Waals surface area (Å²) in [5.41, 5.74) is 7.75. The van der Waals surface area contributed by atoms with Crippen LogP contribution < -0.4 is 10.9 Å². The smallest absolute Gasteiger partial charge is 0.410 e. The first kappa shape index (κ1) is 15.8. The SMILES string of the molecule is CN(CC1CC(c2ccccc2)NN1)C(=O)CN1CCOC1=O. The predicted octanol–water partition coefficient (Wildman–Crippen LogP) is 0.505. The number of cyclic esters (lactones) is 1. The Balaban J connectivity index is 1.47. The third-order valence-electron chi connectivity index (χ3n) is 4.27. The lowest BCUT2D eigenvalue weighted by Crippen LogP contribution is -2.45. The van der Waals surface area contributed by atoms with Crippen LogP contribution in [0.25, 0.3) is 0 Å². The van der Waals surface area contributed by atoms with Crippen LogP contribution in [0.3, 0.4) is 0 Å². The Labute approximate surface area is 135 Å². The Morgan fingerprint density at radius 1 is 1.35 bits per heavy atom. The van der Waals surface area contributed by atoms with Gasteiger partial charge in [0.1, 0.15) is 13.2 Å². The van der Waals surface area contributed by atoms with E-state index in [1.165, 1.54) is 10.5 Å². The van der Waals surface area contributed by atoms with E-state index in [0.29, 0.717) is 19.7 Å². The molecule has 2 atom stereocenters. The lowest BCUT2D eigenvalue weighted by atomic mass is 10.0. The quantitative estimate of drug-likeness (QED) is 0.827. The summed E-state index contributed by atoms with van der Waals surface area (Å²) in [6.07, 6.45) is 0.504. The molecule has 0 aromatic heterocycles. The normalized spacial score (nSPS) is 23.9. The molecule has 0 bridgehead atoms. The second-order valence-corrected chi connectivity index (χ2v) is 5.99. The molecule has 2 N–H and O–H groups in total. The van der Waals surface area contributed by atoms with Gasteiger partial charge in [-0.15, -0.1) is 0 Å². The Hall–Kier alpha value is -2.12. The van der Waals surface area contributed by atoms with Crippen LogP contribution in [0, 0.1) is 0 Å². The molecule has 7 heteroatoms. The minimum absolute atomic E-state index is 0.0752. The van der Waals surface area contributed by atoms with Gasteiger partial charge >= 0.3 is 6.09 Å². The number of carbonyl (C=O) groups excluding carboxylic acids is 2. The van der Waals surface area contributed by atoms with Crippen molar-refractivity contribution < 1.29 is 14.3 Å². The van der Waals surface area contributed by atoms with Crippen LogP contribution in [0.1, 0.15) is 18.0 Å². The van der Waals surface area contributed by atoms with Crippen molar-refractivity contribution >= 4 is 12.0 Å². The molecule has 0 radical (unpaired) electrons. The standard InChI is InChI=1S/C16H22N4O3/c1-19(15(21)11-20-7-8-23-16(20)22)10-13-9-14(18-17-13)12-5-3-2-4-6-12/h2-6,13-14,17-18H,7-11H2,1H3. The molecule has 0 spiro atoms. The van der Waals surface area contributed by atoms with Crippen molar-refractivity contribution in [3.8, 4) is 0 Å². The van der Waals surface area contributed by atoms with Gasteiger partial charge in [0, 0.05) is 25.7 Å². The van der Waals surface area contributed by atoms with Gasteiger partial charge in [-0.25, -0.2) is 10.2 Å². The highest BCUT2D eigenvalue weighted by molar-refractivity contribution is 5.82. The summed E-state index contributed by atoms with van der Waals surface area (Å²) in [6, 6.07) is 10.7. The molecule has 23 heavy (non-hydrogen) atoms. The fraction of sp³-hybridized carbons (Fsp3) is 0.500. The third kappa shape index (κ3) is 3.80. The first-order valence-electron chi connectivity index (χ1n) is 7.85. The minimum Gasteiger partial charge on any atom is -0.448 e. The Morgan fingerprint density at radius 3 is 2.83 bits per heavy atom. The topological polar surface area (TPSA) is 73.9 Å². The summed E-state index contributed by atoms with van der Waals surface area (Å²) in [5.74, 6) is -0.0752. The van der Waals surface area contributed by atoms with E-state index < -0.39 is 6.09 Å². The highest BCUT2D eigenvalue weighted by Gasteiger charge is 2.29. The predicted molar refractivity (Wildman–Crippen MR) is 84.4 cm³/mol. The first-order valence-corrected chi connectivity index (χ1v) is 7.85. The van der Waals surface area contributed by atoms with Crippen molar-refractivity contribution in [2.75, 3.05) is 33.3 Å². The van der Waals surface area contributed by atoms with Gasteiger partial charge in [-0.05, 0) is 12.0 Å². The van der Waals surface area contributed by atoms with Gasteiger partial charge in [0.15, 0.2) is 0 Å². The van der Waals surface area contributed by atoms with Crippen molar-refractivity contribution in [3.05, 3.63) is 35.9 Å². The number of ether oxygens (including phenoxy) is 1. The van der Waals surface area contributed by atoms with Crippen molar-refractivity contribution in [1.29, 1.82) is 0 Å². The molecule has 2 aliphatic rings. The molecule has 2 aliphatic heterocycles. The van der Waals surface area contributed by atoms with E-state index >= 15 is 0 Å².